The van der Waals surface area contributed by atoms with Crippen LogP contribution in [0, 0.1) is 5.92 Å². The highest BCUT2D eigenvalue weighted by molar-refractivity contribution is 6.33. The van der Waals surface area contributed by atoms with Crippen molar-refractivity contribution in [1.29, 1.82) is 0 Å². The van der Waals surface area contributed by atoms with E-state index < -0.39 is 0 Å². The normalized spacial score (nSPS) is 25.4. The number of fused-ring (bicyclic) bond motifs is 1. The molecule has 0 amide bonds. The van der Waals surface area contributed by atoms with Crippen LogP contribution in [0.2, 0.25) is 0 Å². The second-order valence-corrected chi connectivity index (χ2v) is 3.72. The molecule has 0 radical (unpaired) electrons. The molecule has 0 saturated carbocycles. The molecule has 3 heteroatoms. The van der Waals surface area contributed by atoms with Gasteiger partial charge in [-0.05, 0) is 24.6 Å². The summed E-state index contributed by atoms with van der Waals surface area (Å²) in [6.45, 7) is 1.81. The minimum atomic E-state index is -0.102. The van der Waals surface area contributed by atoms with E-state index in [9.17, 15) is 5.11 Å². The molecule has 1 aliphatic carbocycles. The number of aliphatic imine (C=N–C) groups is 1. The highest BCUT2D eigenvalue weighted by Crippen LogP contribution is 2.30. The summed E-state index contributed by atoms with van der Waals surface area (Å²) in [6.07, 6.45) is 9.05. The Morgan fingerprint density at radius 3 is 3.00 bits per heavy atom. The van der Waals surface area contributed by atoms with Gasteiger partial charge >= 0.3 is 0 Å². The average molecular weight is 208 g/mol. The van der Waals surface area contributed by atoms with Crippen molar-refractivity contribution in [3.8, 4) is 0 Å². The first-order valence-electron chi connectivity index (χ1n) is 4.38. The van der Waals surface area contributed by atoms with E-state index in [1.165, 1.54) is 0 Å². The van der Waals surface area contributed by atoms with Crippen LogP contribution in [0.25, 0.3) is 0 Å². The van der Waals surface area contributed by atoms with Crippen molar-refractivity contribution >= 4 is 17.3 Å². The van der Waals surface area contributed by atoms with Gasteiger partial charge < -0.3 is 5.11 Å². The lowest BCUT2D eigenvalue weighted by molar-refractivity contribution is 0.433. The zero-order chi connectivity index (χ0) is 10.1. The van der Waals surface area contributed by atoms with E-state index >= 15 is 0 Å². The predicted octanol–water partition coefficient (Wildman–Crippen LogP) is 3.10. The van der Waals surface area contributed by atoms with Crippen LogP contribution in [0.1, 0.15) is 6.92 Å². The molecule has 2 nitrogen and oxygen atoms in total. The van der Waals surface area contributed by atoms with Crippen LogP contribution in [0.15, 0.2) is 51.9 Å². The molecule has 1 aliphatic heterocycles. The lowest BCUT2D eigenvalue weighted by atomic mass is 9.93. The maximum Gasteiger partial charge on any atom is 0.140 e. The highest BCUT2D eigenvalue weighted by atomic mass is 35.5. The monoisotopic (exact) mass is 207 g/mol. The maximum absolute atomic E-state index is 9.79. The molecule has 1 unspecified atom stereocenters. The SMILES string of the molecule is CC1=C(O)C2=NC=CC=CC2C(Cl)=C1. The van der Waals surface area contributed by atoms with Gasteiger partial charge in [-0.25, -0.2) is 0 Å². The van der Waals surface area contributed by atoms with Crippen LogP contribution in [0.5, 0.6) is 0 Å². The van der Waals surface area contributed by atoms with Crippen molar-refractivity contribution in [1.82, 2.24) is 0 Å². The Hall–Kier alpha value is -1.28. The Labute approximate surface area is 87.6 Å². The predicted molar refractivity (Wildman–Crippen MR) is 58.5 cm³/mol. The quantitative estimate of drug-likeness (QED) is 0.651. The van der Waals surface area contributed by atoms with Crippen molar-refractivity contribution in [2.45, 2.75) is 6.92 Å². The van der Waals surface area contributed by atoms with Gasteiger partial charge in [-0.15, -0.1) is 0 Å². The largest absolute Gasteiger partial charge is 0.506 e. The molecule has 2 aliphatic rings. The number of rotatable bonds is 0. The fraction of sp³-hybridized carbons (Fsp3) is 0.182. The van der Waals surface area contributed by atoms with Crippen molar-refractivity contribution in [2.75, 3.05) is 0 Å². The Morgan fingerprint density at radius 1 is 1.43 bits per heavy atom. The van der Waals surface area contributed by atoms with Crippen molar-refractivity contribution in [2.24, 2.45) is 10.9 Å². The number of aliphatic hydroxyl groups is 1. The van der Waals surface area contributed by atoms with Crippen LogP contribution < -0.4 is 0 Å². The third-order valence-corrected chi connectivity index (χ3v) is 2.62. The molecule has 0 fully saturated rings. The minimum absolute atomic E-state index is 0.102. The molecule has 1 heterocycles. The first-order valence-corrected chi connectivity index (χ1v) is 4.76. The van der Waals surface area contributed by atoms with Gasteiger partial charge in [0.2, 0.25) is 0 Å². The van der Waals surface area contributed by atoms with E-state index in [0.29, 0.717) is 10.7 Å². The molecule has 0 aromatic carbocycles. The van der Waals surface area contributed by atoms with E-state index in [1.807, 2.05) is 25.2 Å². The molecular formula is C11H10ClNO. The number of aliphatic hydroxyl groups excluding tert-OH is 1. The topological polar surface area (TPSA) is 32.6 Å². The second-order valence-electron chi connectivity index (χ2n) is 3.28. The average Bonchev–Trinajstić information content (AvgIpc) is 2.39. The lowest BCUT2D eigenvalue weighted by Crippen LogP contribution is -2.19. The molecular weight excluding hydrogens is 198 g/mol. The van der Waals surface area contributed by atoms with Gasteiger partial charge in [0.1, 0.15) is 5.76 Å². The molecule has 0 saturated heterocycles. The van der Waals surface area contributed by atoms with E-state index in [1.54, 1.807) is 12.3 Å². The smallest absolute Gasteiger partial charge is 0.140 e. The van der Waals surface area contributed by atoms with Crippen LogP contribution in [0.4, 0.5) is 0 Å². The molecule has 2 rings (SSSR count). The number of hydrogen-bond donors (Lipinski definition) is 1. The number of allylic oxidation sites excluding steroid dienone is 7. The molecule has 72 valence electrons. The summed E-state index contributed by atoms with van der Waals surface area (Å²) in [7, 11) is 0. The summed E-state index contributed by atoms with van der Waals surface area (Å²) in [5.74, 6) is 0.131. The number of hydrogen-bond acceptors (Lipinski definition) is 2. The van der Waals surface area contributed by atoms with Crippen molar-refractivity contribution in [3.05, 3.63) is 46.9 Å². The highest BCUT2D eigenvalue weighted by Gasteiger charge is 2.25. The second kappa shape index (κ2) is 3.46. The standard InChI is InChI=1S/C11H10ClNO/c1-7-6-9(12)8-4-2-3-5-13-10(8)11(7)14/h2-6,8,14H,1H3. The molecule has 0 aromatic rings. The summed E-state index contributed by atoms with van der Waals surface area (Å²) in [5.41, 5.74) is 1.38. The van der Waals surface area contributed by atoms with Gasteiger partial charge in [-0.3, -0.25) is 4.99 Å². The Bertz CT molecular complexity index is 413. The summed E-state index contributed by atoms with van der Waals surface area (Å²) in [4.78, 5) is 4.17. The summed E-state index contributed by atoms with van der Waals surface area (Å²) >= 11 is 6.08. The molecule has 1 atom stereocenters. The third kappa shape index (κ3) is 1.42. The molecule has 0 spiro atoms. The Kier molecular flexibility index (Phi) is 2.30. The van der Waals surface area contributed by atoms with Crippen LogP contribution in [0.3, 0.4) is 0 Å². The molecule has 14 heavy (non-hydrogen) atoms. The molecule has 0 aromatic heterocycles. The number of halogens is 1. The van der Waals surface area contributed by atoms with Gasteiger partial charge in [0.15, 0.2) is 0 Å². The van der Waals surface area contributed by atoms with E-state index in [4.69, 9.17) is 11.6 Å². The minimum Gasteiger partial charge on any atom is -0.506 e. The summed E-state index contributed by atoms with van der Waals surface area (Å²) in [6, 6.07) is 0. The van der Waals surface area contributed by atoms with E-state index in [2.05, 4.69) is 4.99 Å². The maximum atomic E-state index is 9.79. The third-order valence-electron chi connectivity index (χ3n) is 2.28. The summed E-state index contributed by atoms with van der Waals surface area (Å²) < 4.78 is 0. The van der Waals surface area contributed by atoms with Crippen molar-refractivity contribution in [3.63, 3.8) is 0 Å². The van der Waals surface area contributed by atoms with Crippen LogP contribution in [-0.2, 0) is 0 Å². The summed E-state index contributed by atoms with van der Waals surface area (Å²) in [5, 5.41) is 10.5. The van der Waals surface area contributed by atoms with Crippen LogP contribution >= 0.6 is 11.6 Å². The van der Waals surface area contributed by atoms with Crippen molar-refractivity contribution < 1.29 is 5.11 Å². The molecule has 1 N–H and O–H groups in total. The zero-order valence-corrected chi connectivity index (χ0v) is 8.49. The lowest BCUT2D eigenvalue weighted by Gasteiger charge is -2.19. The van der Waals surface area contributed by atoms with Gasteiger partial charge in [-0.1, -0.05) is 23.8 Å². The Balaban J connectivity index is 2.55. The molecule has 0 bridgehead atoms. The van der Waals surface area contributed by atoms with Crippen LogP contribution in [-0.4, -0.2) is 10.8 Å². The zero-order valence-electron chi connectivity index (χ0n) is 7.74. The van der Waals surface area contributed by atoms with Gasteiger partial charge in [0, 0.05) is 11.2 Å². The van der Waals surface area contributed by atoms with E-state index in [0.717, 1.165) is 5.57 Å². The van der Waals surface area contributed by atoms with Gasteiger partial charge in [0.05, 0.1) is 11.6 Å². The van der Waals surface area contributed by atoms with Gasteiger partial charge in [-0.2, -0.15) is 0 Å². The fourth-order valence-corrected chi connectivity index (χ4v) is 1.86. The Morgan fingerprint density at radius 2 is 2.21 bits per heavy atom. The van der Waals surface area contributed by atoms with E-state index in [-0.39, 0.29) is 11.7 Å². The number of nitrogens with zero attached hydrogens (tertiary/aromatic N) is 1. The first-order chi connectivity index (χ1) is 6.70. The first kappa shape index (κ1) is 9.28. The fourth-order valence-electron chi connectivity index (χ4n) is 1.52. The van der Waals surface area contributed by atoms with Gasteiger partial charge in [0.25, 0.3) is 0 Å².